The lowest BCUT2D eigenvalue weighted by Gasteiger charge is -2.39. The van der Waals surface area contributed by atoms with Gasteiger partial charge in [0, 0.05) is 31.3 Å². The number of likely N-dealkylation sites (tertiary alicyclic amines) is 1. The summed E-state index contributed by atoms with van der Waals surface area (Å²) < 4.78 is 62.2. The molecule has 1 aromatic heterocycles. The van der Waals surface area contributed by atoms with Gasteiger partial charge in [-0.25, -0.2) is 13.9 Å². The van der Waals surface area contributed by atoms with Gasteiger partial charge in [-0.2, -0.15) is 13.2 Å². The van der Waals surface area contributed by atoms with Gasteiger partial charge in [0.1, 0.15) is 0 Å². The van der Waals surface area contributed by atoms with Gasteiger partial charge >= 0.3 is 6.18 Å². The van der Waals surface area contributed by atoms with Crippen LogP contribution >= 0.6 is 24.8 Å². The SMILES string of the molecule is CCN1CCC(C(=O)NO)(S(=O)(=O)c2ccc(-c3cnc(CCC(F)(F)F)cn3)cc2)CC1.Cl.Cl. The number of alkyl halides is 3. The summed E-state index contributed by atoms with van der Waals surface area (Å²) in [4.78, 5) is 22.6. The van der Waals surface area contributed by atoms with Crippen LogP contribution in [0.1, 0.15) is 31.9 Å². The molecule has 0 spiro atoms. The standard InChI is InChI=1S/C21H25F3N4O4S.2ClH/c1-2-28-11-9-20(10-12-28,19(29)27-30)33(31,32)17-5-3-15(4-6-17)18-14-25-16(13-26-18)7-8-21(22,23)24;;/h3-6,13-14,30H,2,7-12H2,1H3,(H,27,29);2*1H. The molecule has 1 aromatic carbocycles. The summed E-state index contributed by atoms with van der Waals surface area (Å²) in [5, 5.41) is 9.23. The first-order valence-corrected chi connectivity index (χ1v) is 11.9. The number of benzene rings is 1. The Morgan fingerprint density at radius 1 is 1.11 bits per heavy atom. The van der Waals surface area contributed by atoms with E-state index >= 15 is 0 Å². The Hall–Kier alpha value is -1.99. The number of hydrogen-bond donors (Lipinski definition) is 2. The number of rotatable bonds is 7. The largest absolute Gasteiger partial charge is 0.389 e. The zero-order valence-electron chi connectivity index (χ0n) is 18.8. The Kier molecular flexibility index (Phi) is 10.9. The van der Waals surface area contributed by atoms with Gasteiger partial charge in [0.05, 0.1) is 22.5 Å². The minimum Gasteiger partial charge on any atom is -0.303 e. The lowest BCUT2D eigenvalue weighted by atomic mass is 9.95. The number of aryl methyl sites for hydroxylation is 1. The van der Waals surface area contributed by atoms with Crippen LogP contribution in [-0.2, 0) is 21.1 Å². The number of halogens is 5. The molecule has 2 N–H and O–H groups in total. The Morgan fingerprint density at radius 3 is 2.17 bits per heavy atom. The summed E-state index contributed by atoms with van der Waals surface area (Å²) >= 11 is 0. The van der Waals surface area contributed by atoms with Crippen LogP contribution in [0.5, 0.6) is 0 Å². The third-order valence-corrected chi connectivity index (χ3v) is 8.49. The Labute approximate surface area is 214 Å². The van der Waals surface area contributed by atoms with Gasteiger partial charge in [0.25, 0.3) is 5.91 Å². The number of amides is 1. The van der Waals surface area contributed by atoms with E-state index in [1.165, 1.54) is 42.1 Å². The van der Waals surface area contributed by atoms with E-state index in [4.69, 9.17) is 0 Å². The fourth-order valence-corrected chi connectivity index (χ4v) is 5.84. The van der Waals surface area contributed by atoms with Crippen LogP contribution < -0.4 is 5.48 Å². The summed E-state index contributed by atoms with van der Waals surface area (Å²) in [6, 6.07) is 5.70. The number of nitrogens with one attached hydrogen (secondary N) is 1. The second kappa shape index (κ2) is 12.3. The molecule has 0 atom stereocenters. The van der Waals surface area contributed by atoms with Crippen molar-refractivity contribution in [3.63, 3.8) is 0 Å². The topological polar surface area (TPSA) is 112 Å². The third-order valence-electron chi connectivity index (χ3n) is 5.97. The number of aromatic nitrogens is 2. The molecule has 0 bridgehead atoms. The van der Waals surface area contributed by atoms with Gasteiger partial charge in [-0.05, 0) is 37.9 Å². The van der Waals surface area contributed by atoms with Gasteiger partial charge in [-0.15, -0.1) is 24.8 Å². The van der Waals surface area contributed by atoms with Crippen molar-refractivity contribution in [2.75, 3.05) is 19.6 Å². The fraction of sp³-hybridized carbons (Fsp3) is 0.476. The molecule has 1 aliphatic heterocycles. The minimum atomic E-state index is -4.28. The number of carbonyl (C=O) groups excluding carboxylic acids is 1. The van der Waals surface area contributed by atoms with Gasteiger partial charge in [0.2, 0.25) is 0 Å². The maximum Gasteiger partial charge on any atom is 0.389 e. The van der Waals surface area contributed by atoms with E-state index < -0.39 is 33.1 Å². The highest BCUT2D eigenvalue weighted by Crippen LogP contribution is 2.36. The molecule has 2 heterocycles. The van der Waals surface area contributed by atoms with E-state index in [2.05, 4.69) is 9.97 Å². The highest BCUT2D eigenvalue weighted by atomic mass is 35.5. The molecular weight excluding hydrogens is 532 g/mol. The van der Waals surface area contributed by atoms with Crippen molar-refractivity contribution in [1.29, 1.82) is 0 Å². The van der Waals surface area contributed by atoms with Gasteiger partial charge in [-0.3, -0.25) is 20.0 Å². The van der Waals surface area contributed by atoms with Crippen molar-refractivity contribution < 1.29 is 31.6 Å². The summed E-state index contributed by atoms with van der Waals surface area (Å²) in [6.07, 6.45) is -2.88. The molecule has 0 aliphatic carbocycles. The molecular formula is C21H27Cl2F3N4O4S. The number of hydrogen-bond acceptors (Lipinski definition) is 7. The normalized spacial score (nSPS) is 16.0. The molecule has 196 valence electrons. The number of sulfone groups is 1. The molecule has 0 saturated carbocycles. The molecule has 0 radical (unpaired) electrons. The smallest absolute Gasteiger partial charge is 0.303 e. The second-order valence-corrected chi connectivity index (χ2v) is 10.2. The van der Waals surface area contributed by atoms with E-state index in [0.717, 1.165) is 6.54 Å². The van der Waals surface area contributed by atoms with E-state index in [1.54, 1.807) is 0 Å². The predicted octanol–water partition coefficient (Wildman–Crippen LogP) is 3.62. The maximum atomic E-state index is 13.4. The molecule has 1 saturated heterocycles. The lowest BCUT2D eigenvalue weighted by Crippen LogP contribution is -2.57. The highest BCUT2D eigenvalue weighted by Gasteiger charge is 2.52. The molecule has 1 aliphatic rings. The summed E-state index contributed by atoms with van der Waals surface area (Å²) in [6.45, 7) is 3.47. The molecule has 1 fully saturated rings. The number of carbonyl (C=O) groups is 1. The molecule has 8 nitrogen and oxygen atoms in total. The summed E-state index contributed by atoms with van der Waals surface area (Å²) in [5.41, 5.74) is 2.61. The van der Waals surface area contributed by atoms with E-state index in [9.17, 15) is 31.6 Å². The van der Waals surface area contributed by atoms with Crippen LogP contribution in [0.3, 0.4) is 0 Å². The zero-order valence-corrected chi connectivity index (χ0v) is 21.2. The molecule has 3 rings (SSSR count). The maximum absolute atomic E-state index is 13.4. The third kappa shape index (κ3) is 6.82. The number of hydroxylamine groups is 1. The first-order valence-electron chi connectivity index (χ1n) is 10.4. The molecule has 14 heteroatoms. The molecule has 0 unspecified atom stereocenters. The second-order valence-electron chi connectivity index (χ2n) is 7.91. The lowest BCUT2D eigenvalue weighted by molar-refractivity contribution is -0.134. The first kappa shape index (κ1) is 31.0. The summed E-state index contributed by atoms with van der Waals surface area (Å²) in [7, 11) is -4.13. The Balaban J connectivity index is 0.00000306. The van der Waals surface area contributed by atoms with Crippen molar-refractivity contribution in [3.05, 3.63) is 42.4 Å². The predicted molar refractivity (Wildman–Crippen MR) is 128 cm³/mol. The van der Waals surface area contributed by atoms with Crippen LogP contribution in [-0.4, -0.2) is 65.0 Å². The van der Waals surface area contributed by atoms with Gasteiger partial charge in [0.15, 0.2) is 14.6 Å². The van der Waals surface area contributed by atoms with Gasteiger partial charge in [-0.1, -0.05) is 19.1 Å². The van der Waals surface area contributed by atoms with Crippen molar-refractivity contribution >= 4 is 40.6 Å². The Bertz CT molecular complexity index is 1080. The zero-order chi connectivity index (χ0) is 24.3. The van der Waals surface area contributed by atoms with Crippen LogP contribution in [0.15, 0.2) is 41.6 Å². The van der Waals surface area contributed by atoms with Crippen molar-refractivity contribution in [3.8, 4) is 11.3 Å². The van der Waals surface area contributed by atoms with Crippen LogP contribution in [0.2, 0.25) is 0 Å². The van der Waals surface area contributed by atoms with E-state index in [1.807, 2.05) is 11.8 Å². The molecule has 35 heavy (non-hydrogen) atoms. The van der Waals surface area contributed by atoms with Crippen LogP contribution in [0.4, 0.5) is 13.2 Å². The highest BCUT2D eigenvalue weighted by molar-refractivity contribution is 7.93. The van der Waals surface area contributed by atoms with Crippen LogP contribution in [0, 0.1) is 0 Å². The van der Waals surface area contributed by atoms with Crippen molar-refractivity contribution in [1.82, 2.24) is 20.3 Å². The molecule has 2 aromatic rings. The van der Waals surface area contributed by atoms with Crippen molar-refractivity contribution in [2.45, 2.75) is 48.4 Å². The Morgan fingerprint density at radius 2 is 1.71 bits per heavy atom. The average Bonchev–Trinajstić information content (AvgIpc) is 2.82. The molecule has 1 amide bonds. The van der Waals surface area contributed by atoms with E-state index in [0.29, 0.717) is 24.3 Å². The number of nitrogens with zero attached hydrogens (tertiary/aromatic N) is 3. The van der Waals surface area contributed by atoms with Gasteiger partial charge < -0.3 is 4.90 Å². The quantitative estimate of drug-likeness (QED) is 0.394. The van der Waals surface area contributed by atoms with Crippen molar-refractivity contribution in [2.24, 2.45) is 0 Å². The minimum absolute atomic E-state index is 0. The average molecular weight is 559 g/mol. The summed E-state index contributed by atoms with van der Waals surface area (Å²) in [5.74, 6) is -0.956. The van der Waals surface area contributed by atoms with E-state index in [-0.39, 0.29) is 54.7 Å². The number of piperidine rings is 1. The fourth-order valence-electron chi connectivity index (χ4n) is 3.88. The van der Waals surface area contributed by atoms with Crippen LogP contribution in [0.25, 0.3) is 11.3 Å². The first-order chi connectivity index (χ1) is 15.5. The monoisotopic (exact) mass is 558 g/mol.